The van der Waals surface area contributed by atoms with Crippen molar-refractivity contribution in [3.8, 4) is 5.75 Å². The van der Waals surface area contributed by atoms with E-state index in [0.717, 1.165) is 24.2 Å². The van der Waals surface area contributed by atoms with E-state index in [9.17, 15) is 0 Å². The Labute approximate surface area is 119 Å². The quantitative estimate of drug-likeness (QED) is 0.859. The molecule has 0 spiro atoms. The zero-order valence-corrected chi connectivity index (χ0v) is 12.3. The Morgan fingerprint density at radius 2 is 2.05 bits per heavy atom. The molecule has 0 aliphatic rings. The van der Waals surface area contributed by atoms with E-state index in [-0.39, 0.29) is 12.1 Å². The molecule has 1 unspecified atom stereocenters. The topological polar surface area (TPSA) is 35.2 Å². The molecule has 2 rings (SSSR count). The van der Waals surface area contributed by atoms with Crippen LogP contribution in [0.15, 0.2) is 41.8 Å². The standard InChI is InChI=1S/C16H21NOS/c1-12(2)18-14-6-3-5-13(11-14)16(17)9-8-15-7-4-10-19-15/h3-7,10-12,16H,8-9,17H2,1-2H3. The number of ether oxygens (including phenoxy) is 1. The number of thiophene rings is 1. The maximum absolute atomic E-state index is 6.26. The van der Waals surface area contributed by atoms with Gasteiger partial charge in [-0.25, -0.2) is 0 Å². The predicted molar refractivity (Wildman–Crippen MR) is 81.8 cm³/mol. The van der Waals surface area contributed by atoms with Gasteiger partial charge in [0.1, 0.15) is 5.75 Å². The highest BCUT2D eigenvalue weighted by Crippen LogP contribution is 2.23. The van der Waals surface area contributed by atoms with Gasteiger partial charge in [-0.2, -0.15) is 0 Å². The largest absolute Gasteiger partial charge is 0.491 e. The van der Waals surface area contributed by atoms with Gasteiger partial charge in [-0.1, -0.05) is 18.2 Å². The molecule has 2 N–H and O–H groups in total. The molecule has 2 aromatic rings. The van der Waals surface area contributed by atoms with E-state index in [4.69, 9.17) is 10.5 Å². The molecule has 1 aromatic heterocycles. The summed E-state index contributed by atoms with van der Waals surface area (Å²) in [5, 5.41) is 2.11. The molecule has 0 aliphatic carbocycles. The first kappa shape index (κ1) is 14.1. The van der Waals surface area contributed by atoms with Crippen LogP contribution in [-0.4, -0.2) is 6.10 Å². The van der Waals surface area contributed by atoms with Crippen molar-refractivity contribution in [2.24, 2.45) is 5.73 Å². The highest BCUT2D eigenvalue weighted by Gasteiger charge is 2.08. The van der Waals surface area contributed by atoms with Gasteiger partial charge in [0.15, 0.2) is 0 Å². The van der Waals surface area contributed by atoms with Gasteiger partial charge in [0.05, 0.1) is 6.10 Å². The first-order valence-electron chi connectivity index (χ1n) is 6.69. The average molecular weight is 275 g/mol. The molecule has 0 bridgehead atoms. The molecular weight excluding hydrogens is 254 g/mol. The molecule has 0 aliphatic heterocycles. The summed E-state index contributed by atoms with van der Waals surface area (Å²) in [6.45, 7) is 4.06. The molecule has 3 heteroatoms. The predicted octanol–water partition coefficient (Wildman–Crippen LogP) is 4.17. The zero-order chi connectivity index (χ0) is 13.7. The molecular formula is C16H21NOS. The third kappa shape index (κ3) is 4.37. The monoisotopic (exact) mass is 275 g/mol. The van der Waals surface area contributed by atoms with Gasteiger partial charge in [-0.05, 0) is 55.8 Å². The smallest absolute Gasteiger partial charge is 0.120 e. The molecule has 1 atom stereocenters. The van der Waals surface area contributed by atoms with Crippen LogP contribution in [-0.2, 0) is 6.42 Å². The SMILES string of the molecule is CC(C)Oc1cccc(C(N)CCc2cccs2)c1. The van der Waals surface area contributed by atoms with Crippen LogP contribution in [0, 0.1) is 0 Å². The number of hydrogen-bond acceptors (Lipinski definition) is 3. The average Bonchev–Trinajstić information content (AvgIpc) is 2.88. The number of benzene rings is 1. The van der Waals surface area contributed by atoms with E-state index in [1.165, 1.54) is 4.88 Å². The molecule has 0 saturated heterocycles. The minimum Gasteiger partial charge on any atom is -0.491 e. The summed E-state index contributed by atoms with van der Waals surface area (Å²) >= 11 is 1.79. The second-order valence-corrected chi connectivity index (χ2v) is 6.00. The Kier molecular flexibility index (Phi) is 5.00. The Morgan fingerprint density at radius 3 is 2.74 bits per heavy atom. The van der Waals surface area contributed by atoms with Crippen molar-refractivity contribution < 1.29 is 4.74 Å². The van der Waals surface area contributed by atoms with E-state index in [1.807, 2.05) is 26.0 Å². The van der Waals surface area contributed by atoms with Crippen molar-refractivity contribution in [1.82, 2.24) is 0 Å². The molecule has 102 valence electrons. The molecule has 0 saturated carbocycles. The Balaban J connectivity index is 1.96. The van der Waals surface area contributed by atoms with Crippen molar-refractivity contribution in [3.05, 3.63) is 52.2 Å². The van der Waals surface area contributed by atoms with Crippen molar-refractivity contribution in [2.45, 2.75) is 38.8 Å². The number of rotatable bonds is 6. The lowest BCUT2D eigenvalue weighted by Crippen LogP contribution is -2.12. The van der Waals surface area contributed by atoms with Gasteiger partial charge in [-0.3, -0.25) is 0 Å². The van der Waals surface area contributed by atoms with Crippen LogP contribution in [0.3, 0.4) is 0 Å². The van der Waals surface area contributed by atoms with Gasteiger partial charge in [0.2, 0.25) is 0 Å². The molecule has 1 aromatic carbocycles. The van der Waals surface area contributed by atoms with E-state index in [1.54, 1.807) is 11.3 Å². The number of hydrogen-bond donors (Lipinski definition) is 1. The number of nitrogens with two attached hydrogens (primary N) is 1. The maximum atomic E-state index is 6.26. The van der Waals surface area contributed by atoms with Crippen LogP contribution in [0.25, 0.3) is 0 Å². The van der Waals surface area contributed by atoms with Gasteiger partial charge < -0.3 is 10.5 Å². The highest BCUT2D eigenvalue weighted by atomic mass is 32.1. The summed E-state index contributed by atoms with van der Waals surface area (Å²) in [6, 6.07) is 12.4. The van der Waals surface area contributed by atoms with Crippen LogP contribution in [0.4, 0.5) is 0 Å². The second-order valence-electron chi connectivity index (χ2n) is 4.96. The Bertz CT molecular complexity index is 493. The minimum absolute atomic E-state index is 0.0674. The fourth-order valence-electron chi connectivity index (χ4n) is 2.01. The van der Waals surface area contributed by atoms with Crippen LogP contribution in [0.2, 0.25) is 0 Å². The van der Waals surface area contributed by atoms with Crippen molar-refractivity contribution in [1.29, 1.82) is 0 Å². The summed E-state index contributed by atoms with van der Waals surface area (Å²) in [7, 11) is 0. The van der Waals surface area contributed by atoms with Crippen molar-refractivity contribution in [2.75, 3.05) is 0 Å². The van der Waals surface area contributed by atoms with E-state index < -0.39 is 0 Å². The van der Waals surface area contributed by atoms with E-state index in [0.29, 0.717) is 0 Å². The lowest BCUT2D eigenvalue weighted by atomic mass is 10.0. The van der Waals surface area contributed by atoms with Gasteiger partial charge in [-0.15, -0.1) is 11.3 Å². The first-order valence-corrected chi connectivity index (χ1v) is 7.57. The van der Waals surface area contributed by atoms with Crippen LogP contribution < -0.4 is 10.5 Å². The Hall–Kier alpha value is -1.32. The lowest BCUT2D eigenvalue weighted by molar-refractivity contribution is 0.242. The van der Waals surface area contributed by atoms with E-state index in [2.05, 4.69) is 29.6 Å². The Morgan fingerprint density at radius 1 is 1.21 bits per heavy atom. The van der Waals surface area contributed by atoms with Crippen molar-refractivity contribution in [3.63, 3.8) is 0 Å². The molecule has 0 amide bonds. The summed E-state index contributed by atoms with van der Waals surface area (Å²) in [4.78, 5) is 1.39. The van der Waals surface area contributed by atoms with E-state index >= 15 is 0 Å². The maximum Gasteiger partial charge on any atom is 0.120 e. The fourth-order valence-corrected chi connectivity index (χ4v) is 2.73. The highest BCUT2D eigenvalue weighted by molar-refractivity contribution is 7.09. The molecule has 0 radical (unpaired) electrons. The lowest BCUT2D eigenvalue weighted by Gasteiger charge is -2.15. The number of aryl methyl sites for hydroxylation is 1. The molecule has 1 heterocycles. The summed E-state index contributed by atoms with van der Waals surface area (Å²) < 4.78 is 5.70. The van der Waals surface area contributed by atoms with Gasteiger partial charge in [0, 0.05) is 10.9 Å². The molecule has 2 nitrogen and oxygen atoms in total. The van der Waals surface area contributed by atoms with Crippen LogP contribution in [0.1, 0.15) is 36.8 Å². The first-order chi connectivity index (χ1) is 9.15. The van der Waals surface area contributed by atoms with Crippen LogP contribution >= 0.6 is 11.3 Å². The summed E-state index contributed by atoms with van der Waals surface area (Å²) in [5.41, 5.74) is 7.41. The van der Waals surface area contributed by atoms with Crippen LogP contribution in [0.5, 0.6) is 5.75 Å². The summed E-state index contributed by atoms with van der Waals surface area (Å²) in [5.74, 6) is 0.902. The minimum atomic E-state index is 0.0674. The zero-order valence-electron chi connectivity index (χ0n) is 11.5. The van der Waals surface area contributed by atoms with Crippen molar-refractivity contribution >= 4 is 11.3 Å². The second kappa shape index (κ2) is 6.73. The normalized spacial score (nSPS) is 12.6. The third-order valence-electron chi connectivity index (χ3n) is 2.94. The third-order valence-corrected chi connectivity index (χ3v) is 3.88. The van der Waals surface area contributed by atoms with Gasteiger partial charge >= 0.3 is 0 Å². The fraction of sp³-hybridized carbons (Fsp3) is 0.375. The van der Waals surface area contributed by atoms with Gasteiger partial charge in [0.25, 0.3) is 0 Å². The molecule has 0 fully saturated rings. The molecule has 19 heavy (non-hydrogen) atoms. The summed E-state index contributed by atoms with van der Waals surface area (Å²) in [6.07, 6.45) is 2.19.